The number of hydrogen-bond acceptors (Lipinski definition) is 4. The average Bonchev–Trinajstić information content (AvgIpc) is 3.05. The van der Waals surface area contributed by atoms with Crippen molar-refractivity contribution in [3.8, 4) is 22.3 Å². The molecule has 0 spiro atoms. The third-order valence-electron chi connectivity index (χ3n) is 6.17. The molecule has 2 atom stereocenters. The second-order valence-corrected chi connectivity index (χ2v) is 7.93. The maximum absolute atomic E-state index is 12.0. The van der Waals surface area contributed by atoms with Crippen LogP contribution in [0.1, 0.15) is 37.2 Å². The van der Waals surface area contributed by atoms with E-state index in [4.69, 9.17) is 9.47 Å². The Kier molecular flexibility index (Phi) is 3.40. The Morgan fingerprint density at radius 1 is 0.633 bits per heavy atom. The molecule has 0 heterocycles. The van der Waals surface area contributed by atoms with E-state index in [0.29, 0.717) is 0 Å². The standard InChI is InChI=1S/C26H18O4/c1-13(27)29-25-19-9-5-6-15-12-21-17-8-4-3-7-16(17)18-10-11-20(26(25)30-14(2)28)24(22(15)19)23(18)21/h3-12,25-26H,1-2H3/t25-,26-/m1/s1. The lowest BCUT2D eigenvalue weighted by Gasteiger charge is -2.33. The Labute approximate surface area is 173 Å². The first kappa shape index (κ1) is 17.2. The third-order valence-corrected chi connectivity index (χ3v) is 6.17. The highest BCUT2D eigenvalue weighted by Gasteiger charge is 2.39. The van der Waals surface area contributed by atoms with E-state index >= 15 is 0 Å². The van der Waals surface area contributed by atoms with Crippen molar-refractivity contribution in [1.29, 1.82) is 0 Å². The normalized spacial score (nSPS) is 17.9. The molecule has 0 aromatic heterocycles. The minimum absolute atomic E-state index is 0.403. The van der Waals surface area contributed by atoms with Crippen molar-refractivity contribution in [2.45, 2.75) is 26.1 Å². The van der Waals surface area contributed by atoms with Crippen LogP contribution in [0.4, 0.5) is 0 Å². The van der Waals surface area contributed by atoms with E-state index in [9.17, 15) is 9.59 Å². The maximum atomic E-state index is 12.0. The number of benzene rings is 4. The van der Waals surface area contributed by atoms with E-state index in [1.54, 1.807) is 0 Å². The first-order valence-corrected chi connectivity index (χ1v) is 10.0. The van der Waals surface area contributed by atoms with E-state index in [1.165, 1.54) is 41.5 Å². The molecule has 0 N–H and O–H groups in total. The van der Waals surface area contributed by atoms with Crippen molar-refractivity contribution in [3.05, 3.63) is 71.8 Å². The number of carbonyl (C=O) groups is 2. The first-order valence-electron chi connectivity index (χ1n) is 10.0. The van der Waals surface area contributed by atoms with Crippen LogP contribution in [0.2, 0.25) is 0 Å². The van der Waals surface area contributed by atoms with Gasteiger partial charge in [-0.2, -0.15) is 0 Å². The van der Waals surface area contributed by atoms with E-state index in [1.807, 2.05) is 18.2 Å². The molecule has 0 fully saturated rings. The van der Waals surface area contributed by atoms with E-state index in [0.717, 1.165) is 27.3 Å². The number of carbonyl (C=O) groups excluding carboxylic acids is 2. The molecule has 0 bridgehead atoms. The predicted octanol–water partition coefficient (Wildman–Crippen LogP) is 5.86. The summed E-state index contributed by atoms with van der Waals surface area (Å²) < 4.78 is 11.4. The highest BCUT2D eigenvalue weighted by molar-refractivity contribution is 6.25. The van der Waals surface area contributed by atoms with E-state index < -0.39 is 24.1 Å². The minimum atomic E-state index is -0.683. The second-order valence-electron chi connectivity index (χ2n) is 7.93. The molecule has 6 rings (SSSR count). The molecule has 0 saturated carbocycles. The summed E-state index contributed by atoms with van der Waals surface area (Å²) >= 11 is 0. The zero-order valence-electron chi connectivity index (χ0n) is 16.6. The lowest BCUT2D eigenvalue weighted by atomic mass is 9.81. The molecule has 4 heteroatoms. The van der Waals surface area contributed by atoms with Crippen LogP contribution in [0.15, 0.2) is 60.7 Å². The summed E-state index contributed by atoms with van der Waals surface area (Å²) in [6.45, 7) is 2.77. The Hall–Kier alpha value is -3.66. The molecule has 146 valence electrons. The van der Waals surface area contributed by atoms with E-state index in [2.05, 4.69) is 42.5 Å². The summed E-state index contributed by atoms with van der Waals surface area (Å²) in [7, 11) is 0. The average molecular weight is 394 g/mol. The zero-order chi connectivity index (χ0) is 20.6. The fourth-order valence-electron chi connectivity index (χ4n) is 5.19. The SMILES string of the molecule is CC(=O)O[C@@H]1c2cccc3cc4c5c(ccc(c5c23)[C@H]1OC(C)=O)-c1ccccc1-4. The van der Waals surface area contributed by atoms with Crippen LogP contribution in [-0.4, -0.2) is 11.9 Å². The fourth-order valence-corrected chi connectivity index (χ4v) is 5.19. The van der Waals surface area contributed by atoms with Crippen molar-refractivity contribution in [2.75, 3.05) is 0 Å². The summed E-state index contributed by atoms with van der Waals surface area (Å²) in [5.41, 5.74) is 6.55. The van der Waals surface area contributed by atoms with Gasteiger partial charge in [-0.1, -0.05) is 54.6 Å². The smallest absolute Gasteiger partial charge is 0.303 e. The number of hydrogen-bond donors (Lipinski definition) is 0. The number of rotatable bonds is 2. The van der Waals surface area contributed by atoms with Crippen molar-refractivity contribution < 1.29 is 19.1 Å². The molecule has 0 unspecified atom stereocenters. The van der Waals surface area contributed by atoms with Gasteiger partial charge in [-0.15, -0.1) is 0 Å². The summed E-state index contributed by atoms with van der Waals surface area (Å²) in [4.78, 5) is 23.9. The Balaban J connectivity index is 1.78. The van der Waals surface area contributed by atoms with Crippen molar-refractivity contribution >= 4 is 33.5 Å². The van der Waals surface area contributed by atoms with Gasteiger partial charge in [-0.3, -0.25) is 9.59 Å². The van der Waals surface area contributed by atoms with Crippen molar-refractivity contribution in [3.63, 3.8) is 0 Å². The van der Waals surface area contributed by atoms with Gasteiger partial charge in [0.25, 0.3) is 0 Å². The van der Waals surface area contributed by atoms with Crippen LogP contribution in [0.5, 0.6) is 0 Å². The van der Waals surface area contributed by atoms with Gasteiger partial charge in [0, 0.05) is 25.0 Å². The van der Waals surface area contributed by atoms with Crippen LogP contribution in [0, 0.1) is 0 Å². The van der Waals surface area contributed by atoms with Gasteiger partial charge >= 0.3 is 11.9 Å². The predicted molar refractivity (Wildman–Crippen MR) is 115 cm³/mol. The maximum Gasteiger partial charge on any atom is 0.303 e. The molecular weight excluding hydrogens is 376 g/mol. The van der Waals surface area contributed by atoms with Crippen LogP contribution in [-0.2, 0) is 19.1 Å². The number of ether oxygens (including phenoxy) is 2. The monoisotopic (exact) mass is 394 g/mol. The third kappa shape index (κ3) is 2.16. The molecule has 4 aromatic carbocycles. The molecule has 0 saturated heterocycles. The highest BCUT2D eigenvalue weighted by atomic mass is 16.6. The van der Waals surface area contributed by atoms with Crippen molar-refractivity contribution in [2.24, 2.45) is 0 Å². The van der Waals surface area contributed by atoms with Crippen LogP contribution in [0.25, 0.3) is 43.8 Å². The molecule has 4 aromatic rings. The van der Waals surface area contributed by atoms with Gasteiger partial charge in [0.1, 0.15) is 0 Å². The lowest BCUT2D eigenvalue weighted by Crippen LogP contribution is -2.24. The number of esters is 2. The molecule has 0 aliphatic heterocycles. The van der Waals surface area contributed by atoms with Crippen LogP contribution in [0.3, 0.4) is 0 Å². The fraction of sp³-hybridized carbons (Fsp3) is 0.154. The summed E-state index contributed by atoms with van der Waals surface area (Å²) in [5, 5.41) is 4.41. The largest absolute Gasteiger partial charge is 0.453 e. The molecule has 4 nitrogen and oxygen atoms in total. The Morgan fingerprint density at radius 2 is 1.27 bits per heavy atom. The van der Waals surface area contributed by atoms with Gasteiger partial charge in [0.05, 0.1) is 0 Å². The van der Waals surface area contributed by atoms with Gasteiger partial charge in [0.15, 0.2) is 12.2 Å². The van der Waals surface area contributed by atoms with Gasteiger partial charge in [-0.05, 0) is 49.9 Å². The summed E-state index contributed by atoms with van der Waals surface area (Å²) in [6, 6.07) is 20.8. The van der Waals surface area contributed by atoms with Gasteiger partial charge in [0.2, 0.25) is 0 Å². The first-order chi connectivity index (χ1) is 14.5. The molecule has 0 amide bonds. The van der Waals surface area contributed by atoms with E-state index in [-0.39, 0.29) is 0 Å². The molecule has 2 aliphatic rings. The topological polar surface area (TPSA) is 52.6 Å². The Morgan fingerprint density at radius 3 is 1.93 bits per heavy atom. The highest BCUT2D eigenvalue weighted by Crippen LogP contribution is 2.55. The quantitative estimate of drug-likeness (QED) is 0.278. The van der Waals surface area contributed by atoms with Gasteiger partial charge in [-0.25, -0.2) is 0 Å². The van der Waals surface area contributed by atoms with Crippen LogP contribution >= 0.6 is 0 Å². The molecule has 2 aliphatic carbocycles. The van der Waals surface area contributed by atoms with Gasteiger partial charge < -0.3 is 9.47 Å². The number of fused-ring (bicyclic) bond motifs is 3. The Bertz CT molecular complexity index is 1420. The van der Waals surface area contributed by atoms with Crippen LogP contribution < -0.4 is 0 Å². The second kappa shape index (κ2) is 5.92. The molecule has 30 heavy (non-hydrogen) atoms. The minimum Gasteiger partial charge on any atom is -0.453 e. The molecular formula is C26H18O4. The summed E-state index contributed by atoms with van der Waals surface area (Å²) in [6.07, 6.45) is -1.36. The molecule has 0 radical (unpaired) electrons. The summed E-state index contributed by atoms with van der Waals surface area (Å²) in [5.74, 6) is -0.807. The van der Waals surface area contributed by atoms with Crippen molar-refractivity contribution in [1.82, 2.24) is 0 Å². The zero-order valence-corrected chi connectivity index (χ0v) is 16.6. The lowest BCUT2D eigenvalue weighted by molar-refractivity contribution is -0.166.